The smallest absolute Gasteiger partial charge is 0.224 e. The van der Waals surface area contributed by atoms with E-state index in [9.17, 15) is 4.79 Å². The van der Waals surface area contributed by atoms with Crippen LogP contribution in [0.15, 0.2) is 0 Å². The molecule has 1 rings (SSSR count). The minimum absolute atomic E-state index is 0.0648. The number of hydrogen-bond acceptors (Lipinski definition) is 2. The van der Waals surface area contributed by atoms with Crippen molar-refractivity contribution in [3.63, 3.8) is 0 Å². The van der Waals surface area contributed by atoms with Crippen molar-refractivity contribution >= 4 is 5.91 Å². The third-order valence-corrected chi connectivity index (χ3v) is 5.31. The zero-order valence-corrected chi connectivity index (χ0v) is 13.8. The van der Waals surface area contributed by atoms with Crippen LogP contribution in [0.3, 0.4) is 0 Å². The molecule has 1 fully saturated rings. The summed E-state index contributed by atoms with van der Waals surface area (Å²) in [7, 11) is 0. The minimum Gasteiger partial charge on any atom is -0.356 e. The van der Waals surface area contributed by atoms with Crippen LogP contribution in [0, 0.1) is 28.1 Å². The van der Waals surface area contributed by atoms with Gasteiger partial charge in [-0.3, -0.25) is 4.79 Å². The molecule has 1 saturated carbocycles. The van der Waals surface area contributed by atoms with Crippen molar-refractivity contribution in [2.24, 2.45) is 33.8 Å². The highest BCUT2D eigenvalue weighted by Gasteiger charge is 2.64. The number of amides is 1. The topological polar surface area (TPSA) is 55.1 Å². The van der Waals surface area contributed by atoms with E-state index >= 15 is 0 Å². The molecule has 0 aromatic rings. The van der Waals surface area contributed by atoms with Gasteiger partial charge in [0, 0.05) is 13.1 Å². The molecule has 0 aromatic heterocycles. The molecule has 0 spiro atoms. The number of carbonyl (C=O) groups is 1. The number of rotatable bonds is 5. The maximum absolute atomic E-state index is 12.2. The predicted molar refractivity (Wildman–Crippen MR) is 80.7 cm³/mol. The molecule has 0 radical (unpaired) electrons. The van der Waals surface area contributed by atoms with Gasteiger partial charge in [-0.05, 0) is 28.6 Å². The first kappa shape index (κ1) is 16.5. The summed E-state index contributed by atoms with van der Waals surface area (Å²) in [5.41, 5.74) is 6.53. The van der Waals surface area contributed by atoms with Gasteiger partial charge < -0.3 is 11.1 Å². The van der Waals surface area contributed by atoms with E-state index in [-0.39, 0.29) is 17.2 Å². The molecule has 0 saturated heterocycles. The molecule has 3 nitrogen and oxygen atoms in total. The molecule has 0 heterocycles. The standard InChI is InChI=1S/C16H32N2O/c1-14(2,3)8-11(9-17)13(19)18-10-12-15(4,5)16(12,6)7/h11-12H,8-10,17H2,1-7H3,(H,18,19). The highest BCUT2D eigenvalue weighted by Crippen LogP contribution is 2.67. The summed E-state index contributed by atoms with van der Waals surface area (Å²) in [5, 5.41) is 3.11. The van der Waals surface area contributed by atoms with Gasteiger partial charge in [0.1, 0.15) is 0 Å². The molecule has 1 aliphatic carbocycles. The number of carbonyl (C=O) groups excluding carboxylic acids is 1. The average molecular weight is 268 g/mol. The van der Waals surface area contributed by atoms with Crippen molar-refractivity contribution < 1.29 is 4.79 Å². The van der Waals surface area contributed by atoms with E-state index in [1.54, 1.807) is 0 Å². The largest absolute Gasteiger partial charge is 0.356 e. The fourth-order valence-electron chi connectivity index (χ4n) is 3.21. The fraction of sp³-hybridized carbons (Fsp3) is 0.938. The van der Waals surface area contributed by atoms with E-state index in [2.05, 4.69) is 53.8 Å². The van der Waals surface area contributed by atoms with Gasteiger partial charge in [0.05, 0.1) is 5.92 Å². The molecule has 1 atom stereocenters. The van der Waals surface area contributed by atoms with Gasteiger partial charge in [0.25, 0.3) is 0 Å². The molecule has 3 N–H and O–H groups in total. The van der Waals surface area contributed by atoms with Crippen LogP contribution >= 0.6 is 0 Å². The van der Waals surface area contributed by atoms with Crippen LogP contribution in [-0.4, -0.2) is 19.0 Å². The van der Waals surface area contributed by atoms with Gasteiger partial charge in [-0.25, -0.2) is 0 Å². The van der Waals surface area contributed by atoms with Gasteiger partial charge in [0.15, 0.2) is 0 Å². The minimum atomic E-state index is -0.0648. The van der Waals surface area contributed by atoms with Crippen LogP contribution in [-0.2, 0) is 4.79 Å². The maximum atomic E-state index is 12.2. The van der Waals surface area contributed by atoms with Crippen LogP contribution < -0.4 is 11.1 Å². The Labute approximate surface area is 118 Å². The van der Waals surface area contributed by atoms with E-state index in [1.165, 1.54) is 0 Å². The van der Waals surface area contributed by atoms with E-state index < -0.39 is 0 Å². The van der Waals surface area contributed by atoms with Crippen molar-refractivity contribution in [1.82, 2.24) is 5.32 Å². The quantitative estimate of drug-likeness (QED) is 0.805. The summed E-state index contributed by atoms with van der Waals surface area (Å²) in [5.74, 6) is 0.623. The zero-order valence-electron chi connectivity index (χ0n) is 13.8. The van der Waals surface area contributed by atoms with Crippen LogP contribution in [0.5, 0.6) is 0 Å². The third-order valence-electron chi connectivity index (χ3n) is 5.31. The third kappa shape index (κ3) is 3.50. The lowest BCUT2D eigenvalue weighted by atomic mass is 9.84. The Morgan fingerprint density at radius 2 is 1.68 bits per heavy atom. The molecule has 1 unspecified atom stereocenters. The van der Waals surface area contributed by atoms with Crippen LogP contribution in [0.1, 0.15) is 54.9 Å². The fourth-order valence-corrected chi connectivity index (χ4v) is 3.21. The predicted octanol–water partition coefficient (Wildman–Crippen LogP) is 2.80. The Morgan fingerprint density at radius 3 is 2.00 bits per heavy atom. The lowest BCUT2D eigenvalue weighted by molar-refractivity contribution is -0.125. The molecular weight excluding hydrogens is 236 g/mol. The SMILES string of the molecule is CC(C)(C)CC(CN)C(=O)NCC1C(C)(C)C1(C)C. The Morgan fingerprint density at radius 1 is 1.21 bits per heavy atom. The van der Waals surface area contributed by atoms with E-state index in [1.807, 2.05) is 0 Å². The van der Waals surface area contributed by atoms with Crippen LogP contribution in [0.2, 0.25) is 0 Å². The summed E-state index contributed by atoms with van der Waals surface area (Å²) in [6.07, 6.45) is 0.840. The summed E-state index contributed by atoms with van der Waals surface area (Å²) < 4.78 is 0. The molecule has 0 aliphatic heterocycles. The van der Waals surface area contributed by atoms with Gasteiger partial charge in [-0.1, -0.05) is 48.5 Å². The monoisotopic (exact) mass is 268 g/mol. The van der Waals surface area contributed by atoms with Crippen molar-refractivity contribution in [3.8, 4) is 0 Å². The average Bonchev–Trinajstić information content (AvgIpc) is 2.62. The molecule has 0 aromatic carbocycles. The van der Waals surface area contributed by atoms with E-state index in [0.29, 0.717) is 23.3 Å². The highest BCUT2D eigenvalue weighted by atomic mass is 16.1. The second-order valence-electron chi connectivity index (χ2n) is 8.44. The first-order chi connectivity index (χ1) is 8.43. The summed E-state index contributed by atoms with van der Waals surface area (Å²) in [6.45, 7) is 16.8. The molecular formula is C16H32N2O. The normalized spacial score (nSPS) is 22.9. The maximum Gasteiger partial charge on any atom is 0.224 e. The number of nitrogens with one attached hydrogen (secondary N) is 1. The second-order valence-corrected chi connectivity index (χ2v) is 8.44. The van der Waals surface area contributed by atoms with Gasteiger partial charge in [-0.2, -0.15) is 0 Å². The van der Waals surface area contributed by atoms with Crippen molar-refractivity contribution in [2.45, 2.75) is 54.9 Å². The first-order valence-corrected chi connectivity index (χ1v) is 7.41. The van der Waals surface area contributed by atoms with Crippen molar-refractivity contribution in [2.75, 3.05) is 13.1 Å². The van der Waals surface area contributed by atoms with E-state index in [4.69, 9.17) is 5.73 Å². The Balaban J connectivity index is 2.48. The molecule has 1 amide bonds. The molecule has 112 valence electrons. The Hall–Kier alpha value is -0.570. The molecule has 1 aliphatic rings. The first-order valence-electron chi connectivity index (χ1n) is 7.41. The summed E-state index contributed by atoms with van der Waals surface area (Å²) in [6, 6.07) is 0. The second kappa shape index (κ2) is 5.08. The number of nitrogens with two attached hydrogens (primary N) is 1. The summed E-state index contributed by atoms with van der Waals surface area (Å²) in [4.78, 5) is 12.2. The molecule has 3 heteroatoms. The van der Waals surface area contributed by atoms with Gasteiger partial charge in [-0.15, -0.1) is 0 Å². The van der Waals surface area contributed by atoms with Crippen molar-refractivity contribution in [1.29, 1.82) is 0 Å². The van der Waals surface area contributed by atoms with Gasteiger partial charge >= 0.3 is 0 Å². The Bertz CT molecular complexity index is 325. The van der Waals surface area contributed by atoms with Gasteiger partial charge in [0.2, 0.25) is 5.91 Å². The van der Waals surface area contributed by atoms with Crippen LogP contribution in [0.25, 0.3) is 0 Å². The van der Waals surface area contributed by atoms with Crippen LogP contribution in [0.4, 0.5) is 0 Å². The molecule has 19 heavy (non-hydrogen) atoms. The molecule has 0 bridgehead atoms. The zero-order chi connectivity index (χ0) is 15.1. The summed E-state index contributed by atoms with van der Waals surface area (Å²) >= 11 is 0. The Kier molecular flexibility index (Phi) is 4.41. The highest BCUT2D eigenvalue weighted by molar-refractivity contribution is 5.79. The number of hydrogen-bond donors (Lipinski definition) is 2. The lowest BCUT2D eigenvalue weighted by Gasteiger charge is -2.24. The lowest BCUT2D eigenvalue weighted by Crippen LogP contribution is -2.38. The van der Waals surface area contributed by atoms with E-state index in [0.717, 1.165) is 13.0 Å². The van der Waals surface area contributed by atoms with Crippen molar-refractivity contribution in [3.05, 3.63) is 0 Å².